The fourth-order valence-corrected chi connectivity index (χ4v) is 8.31. The van der Waals surface area contributed by atoms with Crippen LogP contribution in [0, 0.1) is 47.0 Å². The highest BCUT2D eigenvalue weighted by Crippen LogP contribution is 2.49. The first-order chi connectivity index (χ1) is 20.2. The van der Waals surface area contributed by atoms with E-state index in [0.717, 1.165) is 24.7 Å². The molecule has 6 heteroatoms. The van der Waals surface area contributed by atoms with Gasteiger partial charge in [0, 0.05) is 12.1 Å². The Morgan fingerprint density at radius 1 is 0.667 bits per heavy atom. The van der Waals surface area contributed by atoms with E-state index >= 15 is 0 Å². The number of alkyl halides is 2. The third-order valence-corrected chi connectivity index (χ3v) is 10.9. The first kappa shape index (κ1) is 31.3. The summed E-state index contributed by atoms with van der Waals surface area (Å²) in [6, 6.07) is 10.4. The number of benzene rings is 2. The lowest BCUT2D eigenvalue weighted by atomic mass is 9.64. The van der Waals surface area contributed by atoms with E-state index in [1.165, 1.54) is 88.2 Å². The number of hydrogen-bond acceptors (Lipinski definition) is 1. The lowest BCUT2D eigenvalue weighted by molar-refractivity contribution is -0.224. The van der Waals surface area contributed by atoms with Gasteiger partial charge in [-0.25, -0.2) is 13.2 Å². The topological polar surface area (TPSA) is 9.23 Å². The Bertz CT molecular complexity index is 1100. The summed E-state index contributed by atoms with van der Waals surface area (Å²) in [6.07, 6.45) is 13.7. The Hall–Kier alpha value is -2.11. The average molecular weight is 591 g/mol. The van der Waals surface area contributed by atoms with Gasteiger partial charge in [-0.1, -0.05) is 44.0 Å². The van der Waals surface area contributed by atoms with Crippen LogP contribution in [-0.4, -0.2) is 6.11 Å². The van der Waals surface area contributed by atoms with Crippen LogP contribution in [-0.2, 0) is 6.42 Å². The Morgan fingerprint density at radius 3 is 1.64 bits per heavy atom. The summed E-state index contributed by atoms with van der Waals surface area (Å²) in [5, 5.41) is 0. The van der Waals surface area contributed by atoms with E-state index in [1.54, 1.807) is 0 Å². The van der Waals surface area contributed by atoms with E-state index in [1.807, 2.05) is 0 Å². The van der Waals surface area contributed by atoms with Gasteiger partial charge in [-0.05, 0) is 131 Å². The second-order valence-electron chi connectivity index (χ2n) is 13.5. The molecule has 0 bridgehead atoms. The SMILES string of the molecule is CCCCCc1ccc(C2CCC(C3CCC(C4CCC(C(F)(F)Oc5cc(F)c(F)c(F)c5)CC4)CC3)CC2)cc1. The Balaban J connectivity index is 1.03. The maximum absolute atomic E-state index is 14.8. The van der Waals surface area contributed by atoms with Crippen molar-refractivity contribution in [3.05, 3.63) is 65.0 Å². The molecule has 3 aliphatic carbocycles. The zero-order valence-electron chi connectivity index (χ0n) is 25.0. The van der Waals surface area contributed by atoms with Crippen LogP contribution in [0.25, 0.3) is 0 Å². The molecule has 0 spiro atoms. The predicted octanol–water partition coefficient (Wildman–Crippen LogP) is 11.4. The van der Waals surface area contributed by atoms with Crippen molar-refractivity contribution in [3.8, 4) is 5.75 Å². The van der Waals surface area contributed by atoms with E-state index in [-0.39, 0.29) is 0 Å². The molecule has 0 radical (unpaired) electrons. The van der Waals surface area contributed by atoms with E-state index in [0.29, 0.717) is 42.7 Å². The number of halogens is 5. The van der Waals surface area contributed by atoms with E-state index < -0.39 is 35.2 Å². The molecule has 0 atom stereocenters. The summed E-state index contributed by atoms with van der Waals surface area (Å²) >= 11 is 0. The minimum absolute atomic E-state index is 0.327. The molecule has 0 N–H and O–H groups in total. The summed E-state index contributed by atoms with van der Waals surface area (Å²) in [5.74, 6) is -3.06. The monoisotopic (exact) mass is 590 g/mol. The largest absolute Gasteiger partial charge is 0.432 e. The van der Waals surface area contributed by atoms with Crippen molar-refractivity contribution >= 4 is 0 Å². The summed E-state index contributed by atoms with van der Waals surface area (Å²) in [6.45, 7) is 2.25. The third kappa shape index (κ3) is 7.69. The molecule has 42 heavy (non-hydrogen) atoms. The highest BCUT2D eigenvalue weighted by atomic mass is 19.3. The van der Waals surface area contributed by atoms with Crippen LogP contribution in [0.3, 0.4) is 0 Å². The predicted molar refractivity (Wildman–Crippen MR) is 157 cm³/mol. The molecule has 0 saturated heterocycles. The van der Waals surface area contributed by atoms with Crippen molar-refractivity contribution < 1.29 is 26.7 Å². The second kappa shape index (κ2) is 14.1. The Labute approximate surface area is 248 Å². The molecular weight excluding hydrogens is 543 g/mol. The minimum Gasteiger partial charge on any atom is -0.432 e. The molecule has 3 saturated carbocycles. The van der Waals surface area contributed by atoms with Gasteiger partial charge >= 0.3 is 6.11 Å². The lowest BCUT2D eigenvalue weighted by Gasteiger charge is -2.42. The standard InChI is InChI=1S/C36H47F5O/c1-2-3-4-5-24-6-8-25(9-7-24)26-10-12-27(13-11-26)28-14-16-29(17-15-28)30-18-20-31(21-19-30)36(40,41)42-32-22-33(37)35(39)34(38)23-32/h6-9,22-23,26-31H,2-5,10-21H2,1H3. The van der Waals surface area contributed by atoms with Gasteiger partial charge in [0.2, 0.25) is 0 Å². The number of rotatable bonds is 10. The smallest absolute Gasteiger partial charge is 0.400 e. The van der Waals surface area contributed by atoms with Crippen LogP contribution in [0.2, 0.25) is 0 Å². The van der Waals surface area contributed by atoms with Crippen LogP contribution < -0.4 is 4.74 Å². The van der Waals surface area contributed by atoms with Gasteiger partial charge in [-0.2, -0.15) is 8.78 Å². The highest BCUT2D eigenvalue weighted by molar-refractivity contribution is 5.26. The average Bonchev–Trinajstić information content (AvgIpc) is 3.00. The summed E-state index contributed by atoms with van der Waals surface area (Å²) in [5.41, 5.74) is 2.98. The van der Waals surface area contributed by atoms with Crippen molar-refractivity contribution in [1.29, 1.82) is 0 Å². The summed E-state index contributed by atoms with van der Waals surface area (Å²) in [7, 11) is 0. The van der Waals surface area contributed by atoms with E-state index in [9.17, 15) is 22.0 Å². The summed E-state index contributed by atoms with van der Waals surface area (Å²) < 4.78 is 74.5. The molecule has 2 aromatic carbocycles. The van der Waals surface area contributed by atoms with E-state index in [4.69, 9.17) is 4.74 Å². The first-order valence-electron chi connectivity index (χ1n) is 16.5. The van der Waals surface area contributed by atoms with Crippen LogP contribution in [0.5, 0.6) is 5.75 Å². The second-order valence-corrected chi connectivity index (χ2v) is 13.5. The van der Waals surface area contributed by atoms with Gasteiger partial charge in [-0.15, -0.1) is 0 Å². The van der Waals surface area contributed by atoms with Crippen molar-refractivity contribution in [1.82, 2.24) is 0 Å². The fraction of sp³-hybridized carbons (Fsp3) is 0.667. The fourth-order valence-electron chi connectivity index (χ4n) is 8.31. The Morgan fingerprint density at radius 2 is 1.14 bits per heavy atom. The van der Waals surface area contributed by atoms with Gasteiger partial charge in [-0.3, -0.25) is 0 Å². The molecule has 0 amide bonds. The van der Waals surface area contributed by atoms with Gasteiger partial charge in [0.05, 0.1) is 5.92 Å². The summed E-state index contributed by atoms with van der Waals surface area (Å²) in [4.78, 5) is 0. The molecule has 0 aromatic heterocycles. The normalized spacial score (nSPS) is 28.9. The molecule has 1 nitrogen and oxygen atoms in total. The van der Waals surface area contributed by atoms with Crippen LogP contribution in [0.1, 0.15) is 120 Å². The highest BCUT2D eigenvalue weighted by Gasteiger charge is 2.45. The van der Waals surface area contributed by atoms with Crippen molar-refractivity contribution in [2.75, 3.05) is 0 Å². The maximum Gasteiger partial charge on any atom is 0.400 e. The van der Waals surface area contributed by atoms with Gasteiger partial charge in [0.25, 0.3) is 0 Å². The molecule has 3 aliphatic rings. The molecule has 232 valence electrons. The molecule has 2 aromatic rings. The van der Waals surface area contributed by atoms with Crippen molar-refractivity contribution in [3.63, 3.8) is 0 Å². The number of unbranched alkanes of at least 4 members (excludes halogenated alkanes) is 2. The van der Waals surface area contributed by atoms with E-state index in [2.05, 4.69) is 31.2 Å². The molecule has 0 unspecified atom stereocenters. The van der Waals surface area contributed by atoms with Gasteiger partial charge in [0.15, 0.2) is 17.5 Å². The van der Waals surface area contributed by atoms with Gasteiger partial charge < -0.3 is 4.74 Å². The minimum atomic E-state index is -3.55. The maximum atomic E-state index is 14.8. The number of hydrogen-bond donors (Lipinski definition) is 0. The third-order valence-electron chi connectivity index (χ3n) is 10.9. The first-order valence-corrected chi connectivity index (χ1v) is 16.5. The van der Waals surface area contributed by atoms with Crippen molar-refractivity contribution in [2.45, 2.75) is 122 Å². The quantitative estimate of drug-likeness (QED) is 0.152. The molecule has 5 rings (SSSR count). The zero-order chi connectivity index (χ0) is 29.7. The zero-order valence-corrected chi connectivity index (χ0v) is 25.0. The van der Waals surface area contributed by atoms with Crippen LogP contribution in [0.15, 0.2) is 36.4 Å². The van der Waals surface area contributed by atoms with Crippen LogP contribution in [0.4, 0.5) is 22.0 Å². The number of aryl methyl sites for hydroxylation is 1. The van der Waals surface area contributed by atoms with Crippen molar-refractivity contribution in [2.24, 2.45) is 29.6 Å². The lowest BCUT2D eigenvalue weighted by Crippen LogP contribution is -2.38. The van der Waals surface area contributed by atoms with Crippen LogP contribution >= 0.6 is 0 Å². The molecule has 0 heterocycles. The van der Waals surface area contributed by atoms with Gasteiger partial charge in [0.1, 0.15) is 5.75 Å². The molecule has 0 aliphatic heterocycles. The molecular formula is C36H47F5O. The Kier molecular flexibility index (Phi) is 10.5. The molecule has 3 fully saturated rings. The number of ether oxygens (including phenoxy) is 1.